The number of anilines is 1. The molecule has 0 radical (unpaired) electrons. The fourth-order valence-electron chi connectivity index (χ4n) is 2.54. The van der Waals surface area contributed by atoms with Crippen LogP contribution >= 0.6 is 0 Å². The van der Waals surface area contributed by atoms with Crippen molar-refractivity contribution in [1.29, 1.82) is 0 Å². The number of carbonyl (C=O) groups is 1. The minimum Gasteiger partial charge on any atom is -0.362 e. The molecule has 1 amide bonds. The van der Waals surface area contributed by atoms with Gasteiger partial charge in [-0.15, -0.1) is 6.42 Å². The largest absolute Gasteiger partial charge is 0.362 e. The molecular weight excluding hydrogens is 314 g/mol. The highest BCUT2D eigenvalue weighted by molar-refractivity contribution is 7.89. The summed E-state index contributed by atoms with van der Waals surface area (Å²) in [5.74, 6) is 2.19. The molecule has 0 spiro atoms. The number of amides is 1. The molecule has 1 aromatic carbocycles. The molecule has 6 nitrogen and oxygen atoms in total. The molecule has 0 bridgehead atoms. The van der Waals surface area contributed by atoms with Crippen LogP contribution in [0.5, 0.6) is 0 Å². The van der Waals surface area contributed by atoms with Crippen molar-refractivity contribution in [2.24, 2.45) is 0 Å². The number of nitrogens with zero attached hydrogens (tertiary/aromatic N) is 2. The molecule has 1 N–H and O–H groups in total. The number of carbonyl (C=O) groups excluding carboxylic acids is 1. The van der Waals surface area contributed by atoms with Crippen LogP contribution in [-0.2, 0) is 21.2 Å². The molecule has 0 aromatic heterocycles. The molecule has 124 valence electrons. The minimum atomic E-state index is -3.50. The second kappa shape index (κ2) is 7.02. The highest BCUT2D eigenvalue weighted by atomic mass is 32.2. The van der Waals surface area contributed by atoms with Gasteiger partial charge in [-0.1, -0.05) is 12.0 Å². The lowest BCUT2D eigenvalue weighted by molar-refractivity contribution is -0.119. The monoisotopic (exact) mass is 335 g/mol. The topological polar surface area (TPSA) is 69.7 Å². The normalized spacial score (nSPS) is 14.3. The minimum absolute atomic E-state index is 0.167. The fraction of sp³-hybridized carbons (Fsp3) is 0.438. The Kier molecular flexibility index (Phi) is 5.29. The van der Waals surface area contributed by atoms with Crippen LogP contribution in [0.15, 0.2) is 23.1 Å². The van der Waals surface area contributed by atoms with E-state index in [0.717, 1.165) is 24.1 Å². The van der Waals surface area contributed by atoms with E-state index < -0.39 is 10.0 Å². The van der Waals surface area contributed by atoms with E-state index in [4.69, 9.17) is 6.42 Å². The summed E-state index contributed by atoms with van der Waals surface area (Å²) >= 11 is 0. The lowest BCUT2D eigenvalue weighted by Crippen LogP contribution is -2.40. The van der Waals surface area contributed by atoms with Gasteiger partial charge in [-0.05, 0) is 30.5 Å². The number of fused-ring (bicyclic) bond motifs is 1. The van der Waals surface area contributed by atoms with Crippen LogP contribution in [0, 0.1) is 12.3 Å². The number of hydrogen-bond acceptors (Lipinski definition) is 4. The van der Waals surface area contributed by atoms with Gasteiger partial charge < -0.3 is 10.2 Å². The molecule has 0 saturated heterocycles. The van der Waals surface area contributed by atoms with Gasteiger partial charge in [-0.25, -0.2) is 12.7 Å². The first-order valence-corrected chi connectivity index (χ1v) is 8.81. The Bertz CT molecular complexity index is 735. The average Bonchev–Trinajstić information content (AvgIpc) is 2.52. The molecule has 1 heterocycles. The Balaban J connectivity index is 2.30. The van der Waals surface area contributed by atoms with E-state index in [9.17, 15) is 13.2 Å². The highest BCUT2D eigenvalue weighted by Gasteiger charge is 2.23. The smallest absolute Gasteiger partial charge is 0.242 e. The van der Waals surface area contributed by atoms with Gasteiger partial charge in [-0.2, -0.15) is 0 Å². The maximum atomic E-state index is 12.3. The zero-order valence-electron chi connectivity index (χ0n) is 13.4. The van der Waals surface area contributed by atoms with Crippen molar-refractivity contribution in [2.45, 2.75) is 17.7 Å². The van der Waals surface area contributed by atoms with Crippen molar-refractivity contribution >= 4 is 21.6 Å². The second-order valence-electron chi connectivity index (χ2n) is 5.58. The van der Waals surface area contributed by atoms with Gasteiger partial charge in [0.05, 0.1) is 18.0 Å². The molecule has 0 aliphatic carbocycles. The van der Waals surface area contributed by atoms with E-state index in [2.05, 4.69) is 11.2 Å². The van der Waals surface area contributed by atoms with Crippen LogP contribution in [0.4, 0.5) is 5.69 Å². The molecule has 0 saturated carbocycles. The van der Waals surface area contributed by atoms with Crippen molar-refractivity contribution in [3.63, 3.8) is 0 Å². The van der Waals surface area contributed by atoms with E-state index in [1.165, 1.54) is 18.4 Å². The molecule has 0 atom stereocenters. The lowest BCUT2D eigenvalue weighted by Gasteiger charge is -2.31. The Morgan fingerprint density at radius 3 is 2.83 bits per heavy atom. The molecule has 1 aliphatic rings. The molecule has 1 aliphatic heterocycles. The van der Waals surface area contributed by atoms with Gasteiger partial charge in [-0.3, -0.25) is 4.79 Å². The third-order valence-corrected chi connectivity index (χ3v) is 5.58. The number of rotatable bonds is 5. The van der Waals surface area contributed by atoms with Gasteiger partial charge in [0.15, 0.2) is 0 Å². The first-order valence-electron chi connectivity index (χ1n) is 7.37. The summed E-state index contributed by atoms with van der Waals surface area (Å²) in [6, 6.07) is 5.10. The van der Waals surface area contributed by atoms with Gasteiger partial charge in [0.1, 0.15) is 0 Å². The van der Waals surface area contributed by atoms with Crippen LogP contribution in [0.3, 0.4) is 0 Å². The molecular formula is C16H21N3O3S. The van der Waals surface area contributed by atoms with Crippen LogP contribution in [0.1, 0.15) is 12.0 Å². The zero-order valence-corrected chi connectivity index (χ0v) is 14.2. The maximum absolute atomic E-state index is 12.3. The Morgan fingerprint density at radius 2 is 2.17 bits per heavy atom. The van der Waals surface area contributed by atoms with E-state index in [1.807, 2.05) is 11.0 Å². The van der Waals surface area contributed by atoms with Crippen LogP contribution in [0.2, 0.25) is 0 Å². The van der Waals surface area contributed by atoms with E-state index in [-0.39, 0.29) is 23.9 Å². The molecule has 7 heteroatoms. The SMILES string of the molecule is C#CCNC(=O)CN1CCCc2ccc(S(=O)(=O)N(C)C)cc21. The average molecular weight is 335 g/mol. The molecule has 0 unspecified atom stereocenters. The van der Waals surface area contributed by atoms with Gasteiger partial charge in [0.25, 0.3) is 0 Å². The number of benzene rings is 1. The maximum Gasteiger partial charge on any atom is 0.242 e. The number of nitrogens with one attached hydrogen (secondary N) is 1. The van der Waals surface area contributed by atoms with Gasteiger partial charge in [0, 0.05) is 26.3 Å². The van der Waals surface area contributed by atoms with Crippen molar-refractivity contribution in [2.75, 3.05) is 38.6 Å². The first kappa shape index (κ1) is 17.3. The Hall–Kier alpha value is -2.04. The standard InChI is InChI=1S/C16H21N3O3S/c1-4-9-17-16(20)12-19-10-5-6-13-7-8-14(11-15(13)19)23(21,22)18(2)3/h1,7-8,11H,5-6,9-10,12H2,2-3H3,(H,17,20). The molecule has 1 aromatic rings. The number of sulfonamides is 1. The second-order valence-corrected chi connectivity index (χ2v) is 7.74. The van der Waals surface area contributed by atoms with Gasteiger partial charge >= 0.3 is 0 Å². The third-order valence-electron chi connectivity index (χ3n) is 3.77. The lowest BCUT2D eigenvalue weighted by atomic mass is 10.0. The predicted octanol–water partition coefficient (Wildman–Crippen LogP) is 0.439. The molecule has 23 heavy (non-hydrogen) atoms. The van der Waals surface area contributed by atoms with Crippen LogP contribution in [0.25, 0.3) is 0 Å². The molecule has 2 rings (SSSR count). The van der Waals surface area contributed by atoms with E-state index in [1.54, 1.807) is 12.1 Å². The van der Waals surface area contributed by atoms with Crippen LogP contribution in [-0.4, -0.2) is 52.4 Å². The van der Waals surface area contributed by atoms with Crippen molar-refractivity contribution in [3.05, 3.63) is 23.8 Å². The Labute approximate surface area is 137 Å². The number of hydrogen-bond donors (Lipinski definition) is 1. The predicted molar refractivity (Wildman–Crippen MR) is 89.7 cm³/mol. The first-order chi connectivity index (χ1) is 10.9. The fourth-order valence-corrected chi connectivity index (χ4v) is 3.47. The zero-order chi connectivity index (χ0) is 17.0. The number of terminal acetylenes is 1. The quantitative estimate of drug-likeness (QED) is 0.793. The summed E-state index contributed by atoms with van der Waals surface area (Å²) < 4.78 is 25.8. The molecule has 0 fully saturated rings. The van der Waals surface area contributed by atoms with Crippen LogP contribution < -0.4 is 10.2 Å². The highest BCUT2D eigenvalue weighted by Crippen LogP contribution is 2.30. The summed E-state index contributed by atoms with van der Waals surface area (Å²) in [4.78, 5) is 14.0. The summed E-state index contributed by atoms with van der Waals surface area (Å²) in [7, 11) is -0.497. The summed E-state index contributed by atoms with van der Waals surface area (Å²) in [6.07, 6.45) is 6.93. The van der Waals surface area contributed by atoms with E-state index in [0.29, 0.717) is 6.54 Å². The van der Waals surface area contributed by atoms with Crippen molar-refractivity contribution in [1.82, 2.24) is 9.62 Å². The van der Waals surface area contributed by atoms with E-state index >= 15 is 0 Å². The summed E-state index contributed by atoms with van der Waals surface area (Å²) in [5, 5.41) is 2.63. The Morgan fingerprint density at radius 1 is 1.43 bits per heavy atom. The summed E-state index contributed by atoms with van der Waals surface area (Å²) in [6.45, 7) is 1.07. The summed E-state index contributed by atoms with van der Waals surface area (Å²) in [5.41, 5.74) is 1.86. The van der Waals surface area contributed by atoms with Crippen molar-refractivity contribution in [3.8, 4) is 12.3 Å². The van der Waals surface area contributed by atoms with Crippen molar-refractivity contribution < 1.29 is 13.2 Å². The van der Waals surface area contributed by atoms with Gasteiger partial charge in [0.2, 0.25) is 15.9 Å². The third kappa shape index (κ3) is 3.84. The number of aryl methyl sites for hydroxylation is 1.